The third-order valence-corrected chi connectivity index (χ3v) is 1.60. The molecule has 73 valence electrons. The van der Waals surface area contributed by atoms with Crippen LogP contribution in [0.2, 0.25) is 0 Å². The zero-order chi connectivity index (χ0) is 10.6. The van der Waals surface area contributed by atoms with Crippen molar-refractivity contribution < 1.29 is 14.7 Å². The summed E-state index contributed by atoms with van der Waals surface area (Å²) >= 11 is 0. The van der Waals surface area contributed by atoms with E-state index in [1.54, 1.807) is 30.3 Å². The van der Waals surface area contributed by atoms with Gasteiger partial charge in [-0.15, -0.1) is 0 Å². The number of rotatable bonds is 1. The van der Waals surface area contributed by atoms with Gasteiger partial charge in [0, 0.05) is 12.7 Å². The van der Waals surface area contributed by atoms with E-state index >= 15 is 0 Å². The minimum Gasteiger partial charge on any atom is -0.307 e. The molecule has 0 aliphatic rings. The molecule has 5 heteroatoms. The third-order valence-electron chi connectivity index (χ3n) is 1.60. The Morgan fingerprint density at radius 1 is 1.21 bits per heavy atom. The highest BCUT2D eigenvalue weighted by Crippen LogP contribution is 2.05. The van der Waals surface area contributed by atoms with Gasteiger partial charge in [0.05, 0.1) is 0 Å². The lowest BCUT2D eigenvalue weighted by molar-refractivity contribution is 0.137. The van der Waals surface area contributed by atoms with Crippen LogP contribution >= 0.6 is 0 Å². The van der Waals surface area contributed by atoms with Crippen molar-refractivity contribution in [2.24, 2.45) is 0 Å². The molecule has 5 nitrogen and oxygen atoms in total. The Morgan fingerprint density at radius 3 is 2.29 bits per heavy atom. The van der Waals surface area contributed by atoms with Gasteiger partial charge in [-0.05, 0) is 12.1 Å². The highest BCUT2D eigenvalue weighted by molar-refractivity contribution is 5.98. The molecule has 0 saturated carbocycles. The number of carbonyl (C=O) groups excluding carboxylic acids is 2. The molecule has 0 unspecified atom stereocenters. The third kappa shape index (κ3) is 2.48. The van der Waals surface area contributed by atoms with Crippen LogP contribution in [0, 0.1) is 0 Å². The van der Waals surface area contributed by atoms with Crippen LogP contribution in [0.5, 0.6) is 0 Å². The second-order valence-electron chi connectivity index (χ2n) is 2.62. The van der Waals surface area contributed by atoms with E-state index in [0.29, 0.717) is 10.6 Å². The Balaban J connectivity index is 2.62. The quantitative estimate of drug-likeness (QED) is 0.737. The summed E-state index contributed by atoms with van der Waals surface area (Å²) in [6.07, 6.45) is -1.54. The van der Waals surface area contributed by atoms with E-state index in [4.69, 9.17) is 0 Å². The Hall–Kier alpha value is -2.04. The molecule has 1 rings (SSSR count). The van der Waals surface area contributed by atoms with Gasteiger partial charge in [0.25, 0.3) is 0 Å². The van der Waals surface area contributed by atoms with E-state index < -0.39 is 12.1 Å². The first-order valence-electron chi connectivity index (χ1n) is 3.92. The van der Waals surface area contributed by atoms with E-state index in [9.17, 15) is 14.7 Å². The van der Waals surface area contributed by atoms with Gasteiger partial charge in [-0.25, -0.2) is 19.6 Å². The molecule has 3 amide bonds. The van der Waals surface area contributed by atoms with E-state index in [-0.39, 0.29) is 0 Å². The summed E-state index contributed by atoms with van der Waals surface area (Å²) < 4.78 is 0. The van der Waals surface area contributed by atoms with Crippen molar-refractivity contribution in [3.8, 4) is 0 Å². The minimum atomic E-state index is -1.54. The SMILES string of the molecule is CN(C([O])=O)C(=O)Nc1ccccc1. The number of imide groups is 1. The molecule has 1 aromatic rings. The fourth-order valence-corrected chi connectivity index (χ4v) is 0.812. The Bertz CT molecular complexity index is 337. The van der Waals surface area contributed by atoms with Crippen molar-refractivity contribution in [1.82, 2.24) is 4.90 Å². The monoisotopic (exact) mass is 193 g/mol. The van der Waals surface area contributed by atoms with Crippen LogP contribution in [0.1, 0.15) is 0 Å². The summed E-state index contributed by atoms with van der Waals surface area (Å²) in [6.45, 7) is 0. The zero-order valence-electron chi connectivity index (χ0n) is 7.56. The fraction of sp³-hybridized carbons (Fsp3) is 0.111. The number of amides is 3. The number of nitrogens with one attached hydrogen (secondary N) is 1. The summed E-state index contributed by atoms with van der Waals surface area (Å²) in [6, 6.07) is 7.82. The second-order valence-corrected chi connectivity index (χ2v) is 2.62. The van der Waals surface area contributed by atoms with Gasteiger partial charge in [0.15, 0.2) is 0 Å². The molecule has 1 aromatic carbocycles. The van der Waals surface area contributed by atoms with Crippen LogP contribution in [0.3, 0.4) is 0 Å². The average molecular weight is 193 g/mol. The van der Waals surface area contributed by atoms with Crippen molar-refractivity contribution in [2.75, 3.05) is 12.4 Å². The first-order chi connectivity index (χ1) is 6.61. The Kier molecular flexibility index (Phi) is 3.06. The topological polar surface area (TPSA) is 69.3 Å². The molecule has 0 heterocycles. The van der Waals surface area contributed by atoms with Crippen LogP contribution in [0.25, 0.3) is 0 Å². The van der Waals surface area contributed by atoms with E-state index in [1.807, 2.05) is 0 Å². The molecule has 0 atom stereocenters. The lowest BCUT2D eigenvalue weighted by Crippen LogP contribution is -2.34. The number of benzene rings is 1. The molecule has 0 saturated heterocycles. The normalized spacial score (nSPS) is 9.21. The second kappa shape index (κ2) is 4.27. The highest BCUT2D eigenvalue weighted by atomic mass is 16.4. The summed E-state index contributed by atoms with van der Waals surface area (Å²) in [4.78, 5) is 21.9. The molecular weight excluding hydrogens is 184 g/mol. The van der Waals surface area contributed by atoms with Crippen LogP contribution < -0.4 is 5.32 Å². The molecule has 14 heavy (non-hydrogen) atoms. The first kappa shape index (κ1) is 10.0. The molecule has 0 fully saturated rings. The molecule has 0 bridgehead atoms. The number of hydrogen-bond acceptors (Lipinski definition) is 2. The van der Waals surface area contributed by atoms with Crippen LogP contribution in [-0.4, -0.2) is 24.1 Å². The van der Waals surface area contributed by atoms with E-state index in [1.165, 1.54) is 0 Å². The van der Waals surface area contributed by atoms with Crippen molar-refractivity contribution in [3.05, 3.63) is 30.3 Å². The Labute approximate surface area is 81.0 Å². The highest BCUT2D eigenvalue weighted by Gasteiger charge is 2.16. The van der Waals surface area contributed by atoms with E-state index in [0.717, 1.165) is 7.05 Å². The van der Waals surface area contributed by atoms with Crippen LogP contribution in [0.4, 0.5) is 15.3 Å². The lowest BCUT2D eigenvalue weighted by atomic mass is 10.3. The smallest absolute Gasteiger partial charge is 0.307 e. The summed E-state index contributed by atoms with van der Waals surface area (Å²) in [7, 11) is 1.12. The van der Waals surface area contributed by atoms with Gasteiger partial charge in [0.1, 0.15) is 0 Å². The number of urea groups is 1. The lowest BCUT2D eigenvalue weighted by Gasteiger charge is -2.10. The first-order valence-corrected chi connectivity index (χ1v) is 3.92. The largest absolute Gasteiger partial charge is 0.460 e. The van der Waals surface area contributed by atoms with Crippen LogP contribution in [0.15, 0.2) is 30.3 Å². The summed E-state index contributed by atoms with van der Waals surface area (Å²) in [5.41, 5.74) is 0.533. The van der Waals surface area contributed by atoms with Crippen molar-refractivity contribution in [3.63, 3.8) is 0 Å². The minimum absolute atomic E-state index is 0.465. The maximum atomic E-state index is 11.1. The summed E-state index contributed by atoms with van der Waals surface area (Å²) in [5.74, 6) is 0. The molecule has 0 aromatic heterocycles. The standard InChI is InChI=1S/C9H9N2O3/c1-11(9(13)14)8(12)10-7-5-3-2-4-6-7/h2-6H,1H3,(H,10,12). The number of hydrogen-bond donors (Lipinski definition) is 1. The zero-order valence-corrected chi connectivity index (χ0v) is 7.56. The number of carbonyl (C=O) groups is 2. The fourth-order valence-electron chi connectivity index (χ4n) is 0.812. The maximum absolute atomic E-state index is 11.1. The molecule has 1 radical (unpaired) electrons. The number of anilines is 1. The number of nitrogens with zero attached hydrogens (tertiary/aromatic N) is 1. The molecule has 1 N–H and O–H groups in total. The predicted octanol–water partition coefficient (Wildman–Crippen LogP) is 1.70. The predicted molar refractivity (Wildman–Crippen MR) is 49.3 cm³/mol. The molecule has 0 spiro atoms. The van der Waals surface area contributed by atoms with Gasteiger partial charge in [-0.2, -0.15) is 0 Å². The van der Waals surface area contributed by atoms with Gasteiger partial charge >= 0.3 is 12.1 Å². The van der Waals surface area contributed by atoms with Crippen LogP contribution in [-0.2, 0) is 5.11 Å². The van der Waals surface area contributed by atoms with Gasteiger partial charge in [-0.3, -0.25) is 0 Å². The Morgan fingerprint density at radius 2 is 1.79 bits per heavy atom. The number of para-hydroxylation sites is 1. The molecule has 0 aliphatic heterocycles. The van der Waals surface area contributed by atoms with Crippen molar-refractivity contribution in [1.29, 1.82) is 0 Å². The van der Waals surface area contributed by atoms with Gasteiger partial charge in [-0.1, -0.05) is 18.2 Å². The van der Waals surface area contributed by atoms with E-state index in [2.05, 4.69) is 5.32 Å². The maximum Gasteiger partial charge on any atom is 0.460 e. The van der Waals surface area contributed by atoms with Crippen molar-refractivity contribution >= 4 is 17.8 Å². The molecular formula is C9H9N2O3. The van der Waals surface area contributed by atoms with Gasteiger partial charge in [0.2, 0.25) is 0 Å². The van der Waals surface area contributed by atoms with Crippen molar-refractivity contribution in [2.45, 2.75) is 0 Å². The summed E-state index contributed by atoms with van der Waals surface area (Å²) in [5, 5.41) is 12.7. The molecule has 0 aliphatic carbocycles. The average Bonchev–Trinajstić information content (AvgIpc) is 2.18. The van der Waals surface area contributed by atoms with Gasteiger partial charge < -0.3 is 5.32 Å².